The maximum atomic E-state index is 2.34. The first-order valence-corrected chi connectivity index (χ1v) is 7.44. The normalized spacial score (nSPS) is 23.2. The fourth-order valence-corrected chi connectivity index (χ4v) is 3.70. The van der Waals surface area contributed by atoms with Gasteiger partial charge in [0.25, 0.3) is 0 Å². The Kier molecular flexibility index (Phi) is 2.81. The Morgan fingerprint density at radius 1 is 0.600 bits per heavy atom. The van der Waals surface area contributed by atoms with Gasteiger partial charge in [-0.05, 0) is 46.9 Å². The van der Waals surface area contributed by atoms with Gasteiger partial charge >= 0.3 is 0 Å². The van der Waals surface area contributed by atoms with Crippen molar-refractivity contribution >= 4 is 12.2 Å². The van der Waals surface area contributed by atoms with E-state index >= 15 is 0 Å². The largest absolute Gasteiger partial charge is 0.0833 e. The maximum absolute atomic E-state index is 2.34. The number of fused-ring (bicyclic) bond motifs is 2. The Morgan fingerprint density at radius 3 is 1.55 bits per heavy atom. The van der Waals surface area contributed by atoms with Crippen LogP contribution in [0, 0.1) is 0 Å². The summed E-state index contributed by atoms with van der Waals surface area (Å²) in [5.41, 5.74) is 5.83. The van der Waals surface area contributed by atoms with Gasteiger partial charge < -0.3 is 0 Å². The van der Waals surface area contributed by atoms with E-state index in [0.29, 0.717) is 11.8 Å². The van der Waals surface area contributed by atoms with Crippen molar-refractivity contribution in [2.45, 2.75) is 24.7 Å². The molecule has 0 aromatic heterocycles. The van der Waals surface area contributed by atoms with E-state index in [0.717, 1.165) is 12.8 Å². The average Bonchev–Trinajstić information content (AvgIpc) is 2.54. The highest BCUT2D eigenvalue weighted by Crippen LogP contribution is 2.45. The molecule has 0 N–H and O–H groups in total. The van der Waals surface area contributed by atoms with E-state index in [9.17, 15) is 0 Å². The molecule has 0 aliphatic heterocycles. The van der Waals surface area contributed by atoms with Crippen molar-refractivity contribution in [1.29, 1.82) is 0 Å². The van der Waals surface area contributed by atoms with E-state index in [1.807, 2.05) is 0 Å². The smallest absolute Gasteiger partial charge is 0.00493 e. The molecule has 4 rings (SSSR count). The minimum absolute atomic E-state index is 0.613. The molecule has 2 aliphatic rings. The molecule has 0 amide bonds. The van der Waals surface area contributed by atoms with E-state index in [1.54, 1.807) is 0 Å². The molecule has 98 valence electrons. The lowest BCUT2D eigenvalue weighted by atomic mass is 9.72. The monoisotopic (exact) mass is 258 g/mol. The molecule has 2 atom stereocenters. The van der Waals surface area contributed by atoms with Gasteiger partial charge in [0.05, 0.1) is 0 Å². The third kappa shape index (κ3) is 1.84. The minimum atomic E-state index is 0.613. The van der Waals surface area contributed by atoms with Crippen LogP contribution in [0.3, 0.4) is 0 Å². The Hall–Kier alpha value is -2.08. The summed E-state index contributed by atoms with van der Waals surface area (Å²) in [4.78, 5) is 0. The molecule has 20 heavy (non-hydrogen) atoms. The van der Waals surface area contributed by atoms with Gasteiger partial charge in [0.15, 0.2) is 0 Å². The van der Waals surface area contributed by atoms with Crippen molar-refractivity contribution < 1.29 is 0 Å². The zero-order valence-electron chi connectivity index (χ0n) is 11.5. The summed E-state index contributed by atoms with van der Waals surface area (Å²) in [6, 6.07) is 17.7. The van der Waals surface area contributed by atoms with Crippen molar-refractivity contribution in [1.82, 2.24) is 0 Å². The fourth-order valence-electron chi connectivity index (χ4n) is 3.70. The highest BCUT2D eigenvalue weighted by atomic mass is 14.3. The standard InChI is InChI=1S/C20H18/c1-3-11-17-15(7-1)9-5-13-19(17)20-14-6-10-16-8-2-4-12-18(16)20/h1-12,19-20H,13-14H2/t19-,20?/m1/s1. The molecular weight excluding hydrogens is 240 g/mol. The zero-order chi connectivity index (χ0) is 13.4. The van der Waals surface area contributed by atoms with Crippen LogP contribution in [0.1, 0.15) is 46.9 Å². The summed E-state index contributed by atoms with van der Waals surface area (Å²) in [5.74, 6) is 1.23. The molecule has 2 aromatic rings. The number of hydrogen-bond acceptors (Lipinski definition) is 0. The quantitative estimate of drug-likeness (QED) is 0.643. The van der Waals surface area contributed by atoms with Crippen molar-refractivity contribution in [3.05, 3.63) is 82.9 Å². The van der Waals surface area contributed by atoms with Gasteiger partial charge in [-0.2, -0.15) is 0 Å². The molecule has 2 aromatic carbocycles. The Labute approximate surface area is 120 Å². The SMILES string of the molecule is C1=Cc2ccccc2C([C@@H]2CC=Cc3ccccc32)C1. The summed E-state index contributed by atoms with van der Waals surface area (Å²) in [7, 11) is 0. The lowest BCUT2D eigenvalue weighted by molar-refractivity contribution is 0.539. The van der Waals surface area contributed by atoms with Crippen molar-refractivity contribution in [2.75, 3.05) is 0 Å². The second-order valence-corrected chi connectivity index (χ2v) is 5.75. The van der Waals surface area contributed by atoms with E-state index in [4.69, 9.17) is 0 Å². The molecule has 0 saturated carbocycles. The second-order valence-electron chi connectivity index (χ2n) is 5.75. The first kappa shape index (κ1) is 11.7. The predicted octanol–water partition coefficient (Wildman–Crippen LogP) is 5.39. The molecule has 0 fully saturated rings. The summed E-state index contributed by atoms with van der Waals surface area (Å²) in [6.07, 6.45) is 11.5. The molecule has 0 nitrogen and oxygen atoms in total. The second kappa shape index (κ2) is 4.79. The topological polar surface area (TPSA) is 0 Å². The van der Waals surface area contributed by atoms with E-state index in [1.165, 1.54) is 22.3 Å². The van der Waals surface area contributed by atoms with Gasteiger partial charge in [0.1, 0.15) is 0 Å². The molecule has 0 radical (unpaired) electrons. The first-order chi connectivity index (χ1) is 9.93. The Balaban J connectivity index is 1.80. The van der Waals surface area contributed by atoms with E-state index < -0.39 is 0 Å². The molecule has 2 aliphatic carbocycles. The Morgan fingerprint density at radius 2 is 1.05 bits per heavy atom. The highest BCUT2D eigenvalue weighted by molar-refractivity contribution is 5.62. The van der Waals surface area contributed by atoms with Crippen LogP contribution >= 0.6 is 0 Å². The van der Waals surface area contributed by atoms with Crippen molar-refractivity contribution in [3.8, 4) is 0 Å². The van der Waals surface area contributed by atoms with Crippen molar-refractivity contribution in [3.63, 3.8) is 0 Å². The third-order valence-electron chi connectivity index (χ3n) is 4.65. The summed E-state index contributed by atoms with van der Waals surface area (Å²) < 4.78 is 0. The predicted molar refractivity (Wildman–Crippen MR) is 85.7 cm³/mol. The molecular formula is C20H18. The van der Waals surface area contributed by atoms with Crippen LogP contribution in [0.4, 0.5) is 0 Å². The van der Waals surface area contributed by atoms with Gasteiger partial charge in [0, 0.05) is 0 Å². The number of rotatable bonds is 1. The van der Waals surface area contributed by atoms with E-state index in [-0.39, 0.29) is 0 Å². The fraction of sp³-hybridized carbons (Fsp3) is 0.200. The number of benzene rings is 2. The van der Waals surface area contributed by atoms with Gasteiger partial charge in [-0.3, -0.25) is 0 Å². The lowest BCUT2D eigenvalue weighted by Gasteiger charge is -2.32. The first-order valence-electron chi connectivity index (χ1n) is 7.44. The molecule has 0 spiro atoms. The highest BCUT2D eigenvalue weighted by Gasteiger charge is 2.28. The summed E-state index contributed by atoms with van der Waals surface area (Å²) in [6.45, 7) is 0. The maximum Gasteiger partial charge on any atom is -0.00493 e. The van der Waals surface area contributed by atoms with Crippen molar-refractivity contribution in [2.24, 2.45) is 0 Å². The van der Waals surface area contributed by atoms with Gasteiger partial charge in [-0.15, -0.1) is 0 Å². The molecule has 1 unspecified atom stereocenters. The van der Waals surface area contributed by atoms with Crippen LogP contribution < -0.4 is 0 Å². The molecule has 0 heteroatoms. The van der Waals surface area contributed by atoms with Crippen LogP contribution in [0.15, 0.2) is 60.7 Å². The summed E-state index contributed by atoms with van der Waals surface area (Å²) in [5, 5.41) is 0. The van der Waals surface area contributed by atoms with Crippen LogP contribution in [-0.2, 0) is 0 Å². The summed E-state index contributed by atoms with van der Waals surface area (Å²) >= 11 is 0. The lowest BCUT2D eigenvalue weighted by Crippen LogP contribution is -2.16. The zero-order valence-corrected chi connectivity index (χ0v) is 11.5. The van der Waals surface area contributed by atoms with E-state index in [2.05, 4.69) is 72.8 Å². The number of allylic oxidation sites excluding steroid dienone is 2. The van der Waals surface area contributed by atoms with Crippen LogP contribution in [0.5, 0.6) is 0 Å². The van der Waals surface area contributed by atoms with Crippen LogP contribution in [0.2, 0.25) is 0 Å². The van der Waals surface area contributed by atoms with Gasteiger partial charge in [0.2, 0.25) is 0 Å². The molecule has 0 heterocycles. The minimum Gasteiger partial charge on any atom is -0.0833 e. The molecule has 0 saturated heterocycles. The third-order valence-corrected chi connectivity index (χ3v) is 4.65. The van der Waals surface area contributed by atoms with Gasteiger partial charge in [-0.1, -0.05) is 72.8 Å². The van der Waals surface area contributed by atoms with Crippen LogP contribution in [0.25, 0.3) is 12.2 Å². The Bertz CT molecular complexity index is 629. The number of hydrogen-bond donors (Lipinski definition) is 0. The van der Waals surface area contributed by atoms with Gasteiger partial charge in [-0.25, -0.2) is 0 Å². The molecule has 0 bridgehead atoms. The van der Waals surface area contributed by atoms with Crippen LogP contribution in [-0.4, -0.2) is 0 Å². The average molecular weight is 258 g/mol.